The summed E-state index contributed by atoms with van der Waals surface area (Å²) in [5, 5.41) is 17.6. The number of hydrogen-bond donors (Lipinski definition) is 2. The molecule has 118 valence electrons. The predicted octanol–water partition coefficient (Wildman–Crippen LogP) is 2.62. The average molecular weight is 278 g/mol. The van der Waals surface area contributed by atoms with E-state index in [2.05, 4.69) is 13.8 Å². The Balaban J connectivity index is 0. The molecule has 0 heterocycles. The molecule has 0 radical (unpaired) electrons. The largest absolute Gasteiger partial charge is 0.394 e. The second kappa shape index (κ2) is 17.8. The Bertz CT molecular complexity index is 147. The molecule has 0 aliphatic heterocycles. The van der Waals surface area contributed by atoms with Crippen LogP contribution in [0.15, 0.2) is 0 Å². The standard InChI is InChI=1S/C11H24O3.C4H10O/c1-3-5-6-10(4-2)9-14-11(7-12)8-13;1-3-5-4-2/h10-13H,3-9H2,1-2H3;3-4H2,1-2H3. The molecule has 0 aromatic carbocycles. The van der Waals surface area contributed by atoms with Gasteiger partial charge in [0, 0.05) is 19.8 Å². The Morgan fingerprint density at radius 2 is 1.53 bits per heavy atom. The molecule has 0 saturated heterocycles. The van der Waals surface area contributed by atoms with E-state index in [1.54, 1.807) is 0 Å². The molecule has 19 heavy (non-hydrogen) atoms. The molecule has 0 aromatic heterocycles. The first-order chi connectivity index (χ1) is 9.19. The first-order valence-corrected chi connectivity index (χ1v) is 7.60. The van der Waals surface area contributed by atoms with Crippen molar-refractivity contribution in [1.29, 1.82) is 0 Å². The fraction of sp³-hybridized carbons (Fsp3) is 1.00. The van der Waals surface area contributed by atoms with Gasteiger partial charge in [0.2, 0.25) is 0 Å². The first kappa shape index (κ1) is 21.1. The van der Waals surface area contributed by atoms with Crippen molar-refractivity contribution < 1.29 is 19.7 Å². The molecule has 0 spiro atoms. The van der Waals surface area contributed by atoms with E-state index in [9.17, 15) is 0 Å². The fourth-order valence-electron chi connectivity index (χ4n) is 1.54. The number of aliphatic hydroxyl groups is 2. The Morgan fingerprint density at radius 3 is 1.84 bits per heavy atom. The summed E-state index contributed by atoms with van der Waals surface area (Å²) in [7, 11) is 0. The molecule has 0 fully saturated rings. The van der Waals surface area contributed by atoms with Crippen LogP contribution in [-0.4, -0.2) is 49.4 Å². The molecule has 4 heteroatoms. The Morgan fingerprint density at radius 1 is 0.947 bits per heavy atom. The van der Waals surface area contributed by atoms with E-state index in [0.717, 1.165) is 19.6 Å². The van der Waals surface area contributed by atoms with Gasteiger partial charge >= 0.3 is 0 Å². The fourth-order valence-corrected chi connectivity index (χ4v) is 1.54. The number of rotatable bonds is 11. The van der Waals surface area contributed by atoms with E-state index in [1.807, 2.05) is 13.8 Å². The molecule has 0 aliphatic carbocycles. The molecule has 0 aromatic rings. The second-order valence-corrected chi connectivity index (χ2v) is 4.52. The SMILES string of the molecule is CCCCC(CC)COC(CO)CO.CCOCC. The molecular formula is C15H34O4. The lowest BCUT2D eigenvalue weighted by Crippen LogP contribution is -2.25. The summed E-state index contributed by atoms with van der Waals surface area (Å²) in [6, 6.07) is 0. The van der Waals surface area contributed by atoms with E-state index >= 15 is 0 Å². The van der Waals surface area contributed by atoms with E-state index in [-0.39, 0.29) is 13.2 Å². The summed E-state index contributed by atoms with van der Waals surface area (Å²) in [5.41, 5.74) is 0. The van der Waals surface area contributed by atoms with E-state index in [1.165, 1.54) is 19.3 Å². The molecule has 0 rings (SSSR count). The molecule has 0 saturated carbocycles. The lowest BCUT2D eigenvalue weighted by molar-refractivity contribution is -0.0349. The van der Waals surface area contributed by atoms with Gasteiger partial charge in [0.1, 0.15) is 6.10 Å². The summed E-state index contributed by atoms with van der Waals surface area (Å²) in [5.74, 6) is 0.565. The van der Waals surface area contributed by atoms with E-state index in [0.29, 0.717) is 12.5 Å². The summed E-state index contributed by atoms with van der Waals surface area (Å²) in [6.07, 6.45) is 4.32. The van der Waals surface area contributed by atoms with Gasteiger partial charge < -0.3 is 19.7 Å². The Hall–Kier alpha value is -0.160. The van der Waals surface area contributed by atoms with Crippen LogP contribution in [0.2, 0.25) is 0 Å². The molecule has 0 bridgehead atoms. The quantitative estimate of drug-likeness (QED) is 0.610. The smallest absolute Gasteiger partial charge is 0.104 e. The van der Waals surface area contributed by atoms with E-state index < -0.39 is 6.10 Å². The van der Waals surface area contributed by atoms with Crippen LogP contribution >= 0.6 is 0 Å². The lowest BCUT2D eigenvalue weighted by Gasteiger charge is -2.18. The molecule has 1 unspecified atom stereocenters. The van der Waals surface area contributed by atoms with Crippen LogP contribution in [0.1, 0.15) is 53.4 Å². The van der Waals surface area contributed by atoms with Gasteiger partial charge in [0.05, 0.1) is 13.2 Å². The first-order valence-electron chi connectivity index (χ1n) is 7.60. The summed E-state index contributed by atoms with van der Waals surface area (Å²) in [6.45, 7) is 10.5. The maximum atomic E-state index is 8.80. The van der Waals surface area contributed by atoms with Crippen LogP contribution in [0.4, 0.5) is 0 Å². The normalized spacial score (nSPS) is 12.2. The third-order valence-corrected chi connectivity index (χ3v) is 2.93. The zero-order valence-corrected chi connectivity index (χ0v) is 13.2. The molecule has 0 amide bonds. The summed E-state index contributed by atoms with van der Waals surface area (Å²) in [4.78, 5) is 0. The lowest BCUT2D eigenvalue weighted by atomic mass is 10.0. The predicted molar refractivity (Wildman–Crippen MR) is 79.4 cm³/mol. The zero-order chi connectivity index (χ0) is 14.9. The van der Waals surface area contributed by atoms with Crippen molar-refractivity contribution in [3.63, 3.8) is 0 Å². The van der Waals surface area contributed by atoms with Gasteiger partial charge in [-0.05, 0) is 26.2 Å². The second-order valence-electron chi connectivity index (χ2n) is 4.52. The average Bonchev–Trinajstić information content (AvgIpc) is 2.44. The van der Waals surface area contributed by atoms with Crippen molar-refractivity contribution >= 4 is 0 Å². The minimum absolute atomic E-state index is 0.0965. The highest BCUT2D eigenvalue weighted by molar-refractivity contribution is 4.59. The highest BCUT2D eigenvalue weighted by atomic mass is 16.5. The van der Waals surface area contributed by atoms with Gasteiger partial charge in [-0.1, -0.05) is 33.1 Å². The van der Waals surface area contributed by atoms with E-state index in [4.69, 9.17) is 19.7 Å². The van der Waals surface area contributed by atoms with Crippen LogP contribution in [0.5, 0.6) is 0 Å². The third kappa shape index (κ3) is 15.8. The number of ether oxygens (including phenoxy) is 2. The van der Waals surface area contributed by atoms with Crippen molar-refractivity contribution in [1.82, 2.24) is 0 Å². The Kier molecular flexibility index (Phi) is 19.9. The Labute approximate surface area is 119 Å². The van der Waals surface area contributed by atoms with Gasteiger partial charge in [0.25, 0.3) is 0 Å². The number of hydrogen-bond acceptors (Lipinski definition) is 4. The van der Waals surface area contributed by atoms with Crippen LogP contribution in [0, 0.1) is 5.92 Å². The van der Waals surface area contributed by atoms with Crippen molar-refractivity contribution in [2.45, 2.75) is 59.5 Å². The topological polar surface area (TPSA) is 58.9 Å². The minimum atomic E-state index is -0.398. The van der Waals surface area contributed by atoms with Gasteiger partial charge in [-0.3, -0.25) is 0 Å². The molecular weight excluding hydrogens is 244 g/mol. The molecule has 2 N–H and O–H groups in total. The number of unbranched alkanes of at least 4 members (excludes halogenated alkanes) is 1. The van der Waals surface area contributed by atoms with Crippen molar-refractivity contribution in [2.24, 2.45) is 5.92 Å². The van der Waals surface area contributed by atoms with Gasteiger partial charge in [-0.15, -0.1) is 0 Å². The summed E-state index contributed by atoms with van der Waals surface area (Å²) >= 11 is 0. The monoisotopic (exact) mass is 278 g/mol. The van der Waals surface area contributed by atoms with Gasteiger partial charge in [-0.2, -0.15) is 0 Å². The maximum absolute atomic E-state index is 8.80. The third-order valence-electron chi connectivity index (χ3n) is 2.93. The van der Waals surface area contributed by atoms with Crippen molar-refractivity contribution in [3.05, 3.63) is 0 Å². The molecule has 1 atom stereocenters. The highest BCUT2D eigenvalue weighted by Gasteiger charge is 2.10. The van der Waals surface area contributed by atoms with Crippen LogP contribution in [0.3, 0.4) is 0 Å². The van der Waals surface area contributed by atoms with Crippen LogP contribution in [0.25, 0.3) is 0 Å². The maximum Gasteiger partial charge on any atom is 0.104 e. The zero-order valence-electron chi connectivity index (χ0n) is 13.2. The van der Waals surface area contributed by atoms with Crippen LogP contribution < -0.4 is 0 Å². The summed E-state index contributed by atoms with van der Waals surface area (Å²) < 4.78 is 10.2. The van der Waals surface area contributed by atoms with Crippen LogP contribution in [-0.2, 0) is 9.47 Å². The van der Waals surface area contributed by atoms with Gasteiger partial charge in [0.15, 0.2) is 0 Å². The van der Waals surface area contributed by atoms with Crippen molar-refractivity contribution in [2.75, 3.05) is 33.0 Å². The molecule has 0 aliphatic rings. The molecule has 4 nitrogen and oxygen atoms in total. The number of aliphatic hydroxyl groups excluding tert-OH is 2. The van der Waals surface area contributed by atoms with Gasteiger partial charge in [-0.25, -0.2) is 0 Å². The minimum Gasteiger partial charge on any atom is -0.394 e. The highest BCUT2D eigenvalue weighted by Crippen LogP contribution is 2.13. The van der Waals surface area contributed by atoms with Crippen molar-refractivity contribution in [3.8, 4) is 0 Å².